The maximum atomic E-state index is 8.36. The number of unbranched alkanes of at least 4 members (excludes halogenated alkanes) is 1. The number of rotatable bonds is 5. The van der Waals surface area contributed by atoms with Crippen molar-refractivity contribution in [3.05, 3.63) is 29.5 Å². The lowest BCUT2D eigenvalue weighted by atomic mass is 10.2. The molecule has 8 heteroatoms. The number of hydrogen-bond acceptors (Lipinski definition) is 7. The van der Waals surface area contributed by atoms with Gasteiger partial charge in [0.05, 0.1) is 12.8 Å². The zero-order chi connectivity index (χ0) is 23.5. The number of aromatic nitrogens is 2. The largest absolute Gasteiger partial charge is 0.496 e. The van der Waals surface area contributed by atoms with Gasteiger partial charge in [-0.15, -0.1) is 0 Å². The van der Waals surface area contributed by atoms with Crippen molar-refractivity contribution in [2.75, 3.05) is 30.4 Å². The van der Waals surface area contributed by atoms with Crippen molar-refractivity contribution in [2.45, 2.75) is 53.4 Å². The van der Waals surface area contributed by atoms with Crippen LogP contribution in [-0.2, 0) is 11.2 Å². The van der Waals surface area contributed by atoms with Gasteiger partial charge in [-0.25, -0.2) is 4.98 Å². The average molecular weight is 442 g/mol. The van der Waals surface area contributed by atoms with Crippen LogP contribution in [0.15, 0.2) is 23.2 Å². The molecule has 3 heterocycles. The molecule has 1 aromatic carbocycles. The van der Waals surface area contributed by atoms with Crippen LogP contribution in [0.2, 0.25) is 0 Å². The minimum atomic E-state index is -0.250. The van der Waals surface area contributed by atoms with Crippen LogP contribution in [0.4, 0.5) is 23.1 Å². The second kappa shape index (κ2) is 12.6. The first-order chi connectivity index (χ1) is 15.5. The topological polar surface area (TPSA) is 99.9 Å². The molecule has 0 bridgehead atoms. The zero-order valence-electron chi connectivity index (χ0n) is 19.8. The van der Waals surface area contributed by atoms with Gasteiger partial charge in [-0.3, -0.25) is 9.79 Å². The summed E-state index contributed by atoms with van der Waals surface area (Å²) in [6.07, 6.45) is 6.50. The predicted molar refractivity (Wildman–Crippen MR) is 130 cm³/mol. The summed E-state index contributed by atoms with van der Waals surface area (Å²) in [7, 11) is 1.69. The summed E-state index contributed by atoms with van der Waals surface area (Å²) in [5.74, 6) is 3.15. The van der Waals surface area contributed by atoms with Crippen molar-refractivity contribution >= 4 is 35.8 Å². The highest BCUT2D eigenvalue weighted by molar-refractivity contribution is 5.83. The quantitative estimate of drug-likeness (QED) is 0.619. The number of carboxylic acid groups (broad SMARTS) is 1. The maximum absolute atomic E-state index is 8.36. The summed E-state index contributed by atoms with van der Waals surface area (Å²) in [6, 6.07) is 6.02. The van der Waals surface area contributed by atoms with Crippen LogP contribution in [0.1, 0.15) is 51.3 Å². The van der Waals surface area contributed by atoms with E-state index < -0.39 is 0 Å². The van der Waals surface area contributed by atoms with Gasteiger partial charge in [-0.2, -0.15) is 4.98 Å². The Morgan fingerprint density at radius 3 is 2.56 bits per heavy atom. The van der Waals surface area contributed by atoms with Crippen LogP contribution in [0, 0.1) is 12.8 Å². The summed E-state index contributed by atoms with van der Waals surface area (Å²) < 4.78 is 5.34. The van der Waals surface area contributed by atoms with Crippen molar-refractivity contribution in [1.29, 1.82) is 0 Å². The van der Waals surface area contributed by atoms with E-state index in [1.165, 1.54) is 19.3 Å². The van der Waals surface area contributed by atoms with Gasteiger partial charge in [-0.1, -0.05) is 33.6 Å². The monoisotopic (exact) mass is 441 g/mol. The highest BCUT2D eigenvalue weighted by atomic mass is 16.5. The van der Waals surface area contributed by atoms with E-state index in [1.54, 1.807) is 7.11 Å². The molecule has 2 aliphatic rings. The molecule has 1 saturated heterocycles. The first kappa shape index (κ1) is 25.1. The molecule has 0 spiro atoms. The lowest BCUT2D eigenvalue weighted by molar-refractivity contribution is -0.122. The van der Waals surface area contributed by atoms with Crippen LogP contribution in [0.3, 0.4) is 0 Å². The Labute approximate surface area is 190 Å². The molecular formula is C24H35N5O3. The molecular weight excluding hydrogens is 406 g/mol. The Bertz CT molecular complexity index is 915. The van der Waals surface area contributed by atoms with E-state index in [0.29, 0.717) is 5.92 Å². The number of nitrogens with zero attached hydrogens (tertiary/aromatic N) is 4. The first-order valence-corrected chi connectivity index (χ1v) is 11.1. The third kappa shape index (κ3) is 6.67. The summed E-state index contributed by atoms with van der Waals surface area (Å²) in [5.41, 5.74) is 3.90. The first-order valence-electron chi connectivity index (χ1n) is 11.1. The highest BCUT2D eigenvalue weighted by Crippen LogP contribution is 2.35. The van der Waals surface area contributed by atoms with Gasteiger partial charge in [0.2, 0.25) is 5.95 Å². The summed E-state index contributed by atoms with van der Waals surface area (Å²) in [6.45, 7) is 10.4. The molecule has 1 fully saturated rings. The molecule has 8 nitrogen and oxygen atoms in total. The molecule has 1 unspecified atom stereocenters. The number of fused-ring (bicyclic) bond motifs is 1. The molecule has 1 aromatic heterocycles. The van der Waals surface area contributed by atoms with E-state index in [4.69, 9.17) is 24.6 Å². The minimum absolute atomic E-state index is 0.250. The fraction of sp³-hybridized carbons (Fsp3) is 0.500. The van der Waals surface area contributed by atoms with E-state index >= 15 is 0 Å². The van der Waals surface area contributed by atoms with Crippen LogP contribution >= 0.6 is 0 Å². The number of benzene rings is 1. The smallest absolute Gasteiger partial charge is 0.290 e. The van der Waals surface area contributed by atoms with Crippen LogP contribution in [0.5, 0.6) is 5.75 Å². The number of ether oxygens (including phenoxy) is 1. The van der Waals surface area contributed by atoms with Gasteiger partial charge >= 0.3 is 0 Å². The molecule has 2 aromatic rings. The van der Waals surface area contributed by atoms with Gasteiger partial charge in [0.1, 0.15) is 11.4 Å². The second-order valence-corrected chi connectivity index (χ2v) is 7.94. The normalized spacial score (nSPS) is 15.8. The number of nitrogens with one attached hydrogen (secondary N) is 1. The van der Waals surface area contributed by atoms with E-state index in [1.807, 2.05) is 25.3 Å². The lowest BCUT2D eigenvalue weighted by Gasteiger charge is -2.18. The van der Waals surface area contributed by atoms with Crippen LogP contribution in [-0.4, -0.2) is 48.0 Å². The Morgan fingerprint density at radius 1 is 1.28 bits per heavy atom. The molecule has 0 saturated carbocycles. The fourth-order valence-corrected chi connectivity index (χ4v) is 3.43. The van der Waals surface area contributed by atoms with Gasteiger partial charge < -0.3 is 20.1 Å². The Kier molecular flexibility index (Phi) is 9.91. The van der Waals surface area contributed by atoms with Crippen molar-refractivity contribution in [3.63, 3.8) is 0 Å². The highest BCUT2D eigenvalue weighted by Gasteiger charge is 2.24. The Hall–Kier alpha value is -3.16. The number of anilines is 3. The standard InChI is InChI=1S/C19H23N5O.C4H10.CH2O2/c1-12-7-9-24(11-12)19-22-15-6-8-20-17(15)18(23-19)21-14-4-5-16(25-3)13(2)10-14;1-3-4-2;2-1-3/h4-5,8,10,12H,6-7,9,11H2,1-3H3,(H,21,22,23);3-4H2,1-2H3;1H,(H,2,3). The van der Waals surface area contributed by atoms with Gasteiger partial charge in [0.25, 0.3) is 6.47 Å². The van der Waals surface area contributed by atoms with E-state index in [0.717, 1.165) is 59.7 Å². The molecule has 0 radical (unpaired) electrons. The van der Waals surface area contributed by atoms with Crippen molar-refractivity contribution < 1.29 is 14.6 Å². The fourth-order valence-electron chi connectivity index (χ4n) is 3.43. The number of methoxy groups -OCH3 is 1. The van der Waals surface area contributed by atoms with Gasteiger partial charge in [0.15, 0.2) is 5.82 Å². The van der Waals surface area contributed by atoms with E-state index in [9.17, 15) is 0 Å². The van der Waals surface area contributed by atoms with Crippen molar-refractivity contribution in [3.8, 4) is 5.75 Å². The van der Waals surface area contributed by atoms with Crippen LogP contribution in [0.25, 0.3) is 0 Å². The zero-order valence-corrected chi connectivity index (χ0v) is 19.8. The molecule has 4 rings (SSSR count). The van der Waals surface area contributed by atoms with E-state index in [-0.39, 0.29) is 6.47 Å². The number of carbonyl (C=O) groups is 1. The summed E-state index contributed by atoms with van der Waals surface area (Å²) >= 11 is 0. The Morgan fingerprint density at radius 2 is 2.00 bits per heavy atom. The molecule has 174 valence electrons. The van der Waals surface area contributed by atoms with Crippen LogP contribution < -0.4 is 15.0 Å². The number of aryl methyl sites for hydroxylation is 1. The third-order valence-electron chi connectivity index (χ3n) is 5.31. The molecule has 0 aliphatic carbocycles. The van der Waals surface area contributed by atoms with Crippen molar-refractivity contribution in [2.24, 2.45) is 10.9 Å². The minimum Gasteiger partial charge on any atom is -0.496 e. The molecule has 1 atom stereocenters. The third-order valence-corrected chi connectivity index (χ3v) is 5.31. The average Bonchev–Trinajstić information content (AvgIpc) is 3.43. The molecule has 0 amide bonds. The molecule has 2 aliphatic heterocycles. The SMILES string of the molecule is CCCC.COc1ccc(Nc2nc(N3CCC(C)C3)nc3c2N=CC3)cc1C.O=CO. The van der Waals surface area contributed by atoms with Gasteiger partial charge in [-0.05, 0) is 43.0 Å². The summed E-state index contributed by atoms with van der Waals surface area (Å²) in [5, 5.41) is 10.3. The number of hydrogen-bond donors (Lipinski definition) is 2. The van der Waals surface area contributed by atoms with Crippen molar-refractivity contribution in [1.82, 2.24) is 9.97 Å². The molecule has 32 heavy (non-hydrogen) atoms. The lowest BCUT2D eigenvalue weighted by Crippen LogP contribution is -2.22. The van der Waals surface area contributed by atoms with E-state index in [2.05, 4.69) is 42.0 Å². The van der Waals surface area contributed by atoms with Gasteiger partial charge in [0, 0.05) is 31.4 Å². The second-order valence-electron chi connectivity index (χ2n) is 7.94. The Balaban J connectivity index is 0.000000459. The predicted octanol–water partition coefficient (Wildman–Crippen LogP) is 5.15. The summed E-state index contributed by atoms with van der Waals surface area (Å²) in [4.78, 5) is 24.6. The number of aliphatic imine (C=N–C) groups is 1. The molecule has 2 N–H and O–H groups in total. The maximum Gasteiger partial charge on any atom is 0.290 e.